The van der Waals surface area contributed by atoms with Crippen LogP contribution in [0.5, 0.6) is 0 Å². The normalized spacial score (nSPS) is 53.2. The maximum absolute atomic E-state index is 13.4. The molecule has 0 radical (unpaired) electrons. The number of aliphatic carboxylic acids is 1. The molecule has 0 heterocycles. The van der Waals surface area contributed by atoms with Crippen LogP contribution in [-0.4, -0.2) is 50.0 Å². The van der Waals surface area contributed by atoms with Crippen molar-refractivity contribution in [2.75, 3.05) is 0 Å². The predicted octanol–water partition coefficient (Wildman–Crippen LogP) is 1.75. The van der Waals surface area contributed by atoms with Gasteiger partial charge in [-0.25, -0.2) is 4.79 Å². The molecule has 6 heteroatoms. The quantitative estimate of drug-likeness (QED) is 0.580. The van der Waals surface area contributed by atoms with Gasteiger partial charge in [0.05, 0.1) is 6.10 Å². The molecule has 0 aromatic carbocycles. The number of carboxylic acid groups (broad SMARTS) is 1. The van der Waals surface area contributed by atoms with Gasteiger partial charge in [0.2, 0.25) is 0 Å². The van der Waals surface area contributed by atoms with E-state index in [-0.39, 0.29) is 47.9 Å². The van der Waals surface area contributed by atoms with E-state index < -0.39 is 23.1 Å². The highest BCUT2D eigenvalue weighted by Gasteiger charge is 2.69. The van der Waals surface area contributed by atoms with Gasteiger partial charge >= 0.3 is 5.97 Å². The zero-order valence-electron chi connectivity index (χ0n) is 16.2. The summed E-state index contributed by atoms with van der Waals surface area (Å²) >= 11 is 0. The summed E-state index contributed by atoms with van der Waals surface area (Å²) in [5.41, 5.74) is -2.78. The summed E-state index contributed by atoms with van der Waals surface area (Å²) in [7, 11) is 0. The van der Waals surface area contributed by atoms with Gasteiger partial charge in [0, 0.05) is 17.8 Å². The van der Waals surface area contributed by atoms with Crippen LogP contribution in [0.15, 0.2) is 0 Å². The first-order valence-corrected chi connectivity index (χ1v) is 10.4. The lowest BCUT2D eigenvalue weighted by Gasteiger charge is -2.60. The summed E-state index contributed by atoms with van der Waals surface area (Å²) < 4.78 is 0. The van der Waals surface area contributed by atoms with Crippen LogP contribution < -0.4 is 0 Å². The predicted molar refractivity (Wildman–Crippen MR) is 96.7 cm³/mol. The van der Waals surface area contributed by atoms with Crippen molar-refractivity contribution in [2.24, 2.45) is 34.5 Å². The van der Waals surface area contributed by atoms with Crippen molar-refractivity contribution in [1.82, 2.24) is 0 Å². The van der Waals surface area contributed by atoms with Crippen LogP contribution in [0, 0.1) is 34.5 Å². The van der Waals surface area contributed by atoms with E-state index in [4.69, 9.17) is 0 Å². The molecule has 4 aliphatic carbocycles. The minimum absolute atomic E-state index is 0.0452. The number of aliphatic hydroxyl groups is 3. The Kier molecular flexibility index (Phi) is 4.30. The van der Waals surface area contributed by atoms with Crippen LogP contribution >= 0.6 is 0 Å². The van der Waals surface area contributed by atoms with Gasteiger partial charge in [-0.2, -0.15) is 0 Å². The zero-order valence-corrected chi connectivity index (χ0v) is 16.2. The number of Topliss-reactive ketones (excluding diaryl/α,β-unsaturated/α-hetero) is 1. The van der Waals surface area contributed by atoms with E-state index in [0.717, 1.165) is 32.1 Å². The molecule has 0 aromatic rings. The molecule has 6 nitrogen and oxygen atoms in total. The molecule has 4 fully saturated rings. The van der Waals surface area contributed by atoms with Crippen molar-refractivity contribution in [2.45, 2.75) is 83.0 Å². The first kappa shape index (κ1) is 19.3. The highest BCUT2D eigenvalue weighted by Crippen LogP contribution is 2.67. The van der Waals surface area contributed by atoms with Crippen LogP contribution in [-0.2, 0) is 9.59 Å². The number of rotatable bonds is 2. The monoisotopic (exact) mass is 380 g/mol. The summed E-state index contributed by atoms with van der Waals surface area (Å²) in [6.07, 6.45) is 3.04. The lowest BCUT2D eigenvalue weighted by Crippen LogP contribution is -2.63. The lowest BCUT2D eigenvalue weighted by atomic mass is 9.44. The summed E-state index contributed by atoms with van der Waals surface area (Å²) in [5, 5.41) is 40.9. The van der Waals surface area contributed by atoms with Crippen LogP contribution in [0.3, 0.4) is 0 Å². The van der Waals surface area contributed by atoms with E-state index in [9.17, 15) is 30.0 Å². The van der Waals surface area contributed by atoms with E-state index in [2.05, 4.69) is 6.92 Å². The number of fused-ring (bicyclic) bond motifs is 5. The van der Waals surface area contributed by atoms with Gasteiger partial charge in [0.25, 0.3) is 0 Å². The van der Waals surface area contributed by atoms with E-state index >= 15 is 0 Å². The lowest BCUT2D eigenvalue weighted by molar-refractivity contribution is -0.201. The largest absolute Gasteiger partial charge is 0.479 e. The Bertz CT molecular complexity index is 663. The fourth-order valence-corrected chi connectivity index (χ4v) is 7.74. The van der Waals surface area contributed by atoms with Gasteiger partial charge in [-0.1, -0.05) is 13.8 Å². The Morgan fingerprint density at radius 3 is 2.52 bits per heavy atom. The molecule has 0 amide bonds. The molecule has 2 unspecified atom stereocenters. The number of ketones is 1. The SMILES string of the molecule is C[C@]12CC[C@@H](O)CC1CC[C@@H]1[C@@H]2C(=O)C[C@@]2(C)[C@H]1CC[C@]2(O)C(O)C(=O)O. The minimum Gasteiger partial charge on any atom is -0.479 e. The molecule has 0 spiro atoms. The van der Waals surface area contributed by atoms with E-state index in [1.54, 1.807) is 0 Å². The molecule has 152 valence electrons. The van der Waals surface area contributed by atoms with E-state index in [1.165, 1.54) is 0 Å². The average molecular weight is 380 g/mol. The summed E-state index contributed by atoms with van der Waals surface area (Å²) in [6.45, 7) is 4.01. The zero-order chi connectivity index (χ0) is 19.8. The van der Waals surface area contributed by atoms with Crippen LogP contribution in [0.4, 0.5) is 0 Å². The fraction of sp³-hybridized carbons (Fsp3) is 0.905. The molecule has 27 heavy (non-hydrogen) atoms. The van der Waals surface area contributed by atoms with Crippen molar-refractivity contribution in [3.8, 4) is 0 Å². The number of carbonyl (C=O) groups is 2. The third kappa shape index (κ3) is 2.42. The standard InChI is InChI=1S/C21H32O6/c1-19-7-5-12(22)9-11(19)3-4-13-14-6-8-21(27,17(24)18(25)26)20(14,2)10-15(23)16(13)19/h11-14,16-17,22,24,27H,3-10H2,1-2H3,(H,25,26)/t11?,12-,13+,14+,16-,17?,19+,20+,21+/m1/s1. The smallest absolute Gasteiger partial charge is 0.335 e. The van der Waals surface area contributed by atoms with Crippen LogP contribution in [0.25, 0.3) is 0 Å². The van der Waals surface area contributed by atoms with Crippen molar-refractivity contribution in [3.63, 3.8) is 0 Å². The van der Waals surface area contributed by atoms with E-state index in [0.29, 0.717) is 12.3 Å². The number of hydrogen-bond donors (Lipinski definition) is 4. The van der Waals surface area contributed by atoms with Crippen molar-refractivity contribution >= 4 is 11.8 Å². The molecule has 9 atom stereocenters. The number of carboxylic acids is 1. The van der Waals surface area contributed by atoms with Gasteiger partial charge in [-0.05, 0) is 68.1 Å². The Labute approximate surface area is 160 Å². The Morgan fingerprint density at radius 2 is 1.85 bits per heavy atom. The van der Waals surface area contributed by atoms with E-state index in [1.807, 2.05) is 6.92 Å². The maximum Gasteiger partial charge on any atom is 0.335 e. The van der Waals surface area contributed by atoms with Gasteiger partial charge in [-0.15, -0.1) is 0 Å². The molecule has 0 aliphatic heterocycles. The molecular weight excluding hydrogens is 348 g/mol. The summed E-state index contributed by atoms with van der Waals surface area (Å²) in [5.74, 6) is -0.871. The Balaban J connectivity index is 1.70. The van der Waals surface area contributed by atoms with Crippen molar-refractivity contribution in [1.29, 1.82) is 0 Å². The second-order valence-electron chi connectivity index (χ2n) is 10.2. The number of aliphatic hydroxyl groups excluding tert-OH is 2. The number of carbonyl (C=O) groups excluding carboxylic acids is 1. The minimum atomic E-state index is -1.87. The first-order chi connectivity index (χ1) is 12.5. The third-order valence-electron chi connectivity index (χ3n) is 9.23. The van der Waals surface area contributed by atoms with Gasteiger partial charge in [0.15, 0.2) is 6.10 Å². The summed E-state index contributed by atoms with van der Waals surface area (Å²) in [6, 6.07) is 0. The molecule has 4 rings (SSSR count). The Hall–Kier alpha value is -0.980. The molecule has 4 aliphatic rings. The molecule has 0 bridgehead atoms. The summed E-state index contributed by atoms with van der Waals surface area (Å²) in [4.78, 5) is 24.8. The fourth-order valence-electron chi connectivity index (χ4n) is 7.74. The molecule has 0 saturated heterocycles. The van der Waals surface area contributed by atoms with Crippen LogP contribution in [0.1, 0.15) is 65.2 Å². The Morgan fingerprint density at radius 1 is 1.15 bits per heavy atom. The maximum atomic E-state index is 13.4. The number of hydrogen-bond acceptors (Lipinski definition) is 5. The van der Waals surface area contributed by atoms with Gasteiger partial charge in [0.1, 0.15) is 11.4 Å². The van der Waals surface area contributed by atoms with Crippen molar-refractivity contribution in [3.05, 3.63) is 0 Å². The molecular formula is C21H32O6. The molecule has 0 aromatic heterocycles. The van der Waals surface area contributed by atoms with Gasteiger partial charge < -0.3 is 20.4 Å². The van der Waals surface area contributed by atoms with Crippen LogP contribution in [0.2, 0.25) is 0 Å². The highest BCUT2D eigenvalue weighted by atomic mass is 16.4. The molecule has 4 saturated carbocycles. The second-order valence-corrected chi connectivity index (χ2v) is 10.2. The first-order valence-electron chi connectivity index (χ1n) is 10.4. The van der Waals surface area contributed by atoms with Gasteiger partial charge in [-0.3, -0.25) is 4.79 Å². The van der Waals surface area contributed by atoms with Crippen molar-refractivity contribution < 1.29 is 30.0 Å². The topological polar surface area (TPSA) is 115 Å². The second kappa shape index (κ2) is 6.01. The average Bonchev–Trinajstić information content (AvgIpc) is 2.86. The highest BCUT2D eigenvalue weighted by molar-refractivity contribution is 5.85. The molecule has 4 N–H and O–H groups in total. The third-order valence-corrected chi connectivity index (χ3v) is 9.23.